The van der Waals surface area contributed by atoms with E-state index < -0.39 is 30.5 Å². The van der Waals surface area contributed by atoms with Crippen molar-refractivity contribution in [2.24, 2.45) is 0 Å². The topological polar surface area (TPSA) is 102 Å². The maximum Gasteiger partial charge on any atom is 0.408 e. The van der Waals surface area contributed by atoms with Gasteiger partial charge in [0.15, 0.2) is 0 Å². The average molecular weight is 492 g/mol. The molecule has 7 nitrogen and oxygen atoms in total. The van der Waals surface area contributed by atoms with Gasteiger partial charge in [-0.25, -0.2) is 9.59 Å². The Kier molecular flexibility index (Phi) is 18.1. The molecule has 1 aromatic carbocycles. The number of hydrogen-bond donors (Lipinski definition) is 2. The number of amides is 1. The standard InChI is InChI=1S/C28H45NO6/c1-2-3-4-5-6-7-8-9-10-11-12-13-14-18-21-34-27(32)25(22-26(30)31)29-28(33)35-23-24-19-16-15-17-20-24/h15-17,19-20,25H,2-14,18,21-23H2,1H3,(H,29,33)(H,30,31). The lowest BCUT2D eigenvalue weighted by Crippen LogP contribution is -2.43. The SMILES string of the molecule is CCCCCCCCCCCCCCCCOC(=O)C(CC(=O)O)NC(=O)OCc1ccccc1. The first kappa shape index (κ1) is 30.5. The van der Waals surface area contributed by atoms with Crippen LogP contribution in [0.25, 0.3) is 0 Å². The molecule has 0 radical (unpaired) electrons. The monoisotopic (exact) mass is 491 g/mol. The lowest BCUT2D eigenvalue weighted by atomic mass is 10.0. The molecule has 0 saturated heterocycles. The van der Waals surface area contributed by atoms with E-state index >= 15 is 0 Å². The van der Waals surface area contributed by atoms with E-state index in [1.165, 1.54) is 70.6 Å². The minimum absolute atomic E-state index is 0.0283. The first-order valence-electron chi connectivity index (χ1n) is 13.4. The van der Waals surface area contributed by atoms with Crippen LogP contribution < -0.4 is 5.32 Å². The minimum atomic E-state index is -1.28. The van der Waals surface area contributed by atoms with E-state index in [2.05, 4.69) is 12.2 Å². The van der Waals surface area contributed by atoms with Crippen LogP contribution in [0.3, 0.4) is 0 Å². The van der Waals surface area contributed by atoms with Gasteiger partial charge in [0, 0.05) is 0 Å². The molecule has 0 aliphatic carbocycles. The van der Waals surface area contributed by atoms with Crippen LogP contribution in [0.15, 0.2) is 30.3 Å². The molecule has 0 saturated carbocycles. The van der Waals surface area contributed by atoms with E-state index in [0.29, 0.717) is 0 Å². The van der Waals surface area contributed by atoms with Crippen molar-refractivity contribution in [1.82, 2.24) is 5.32 Å². The molecule has 2 N–H and O–H groups in total. The number of carbonyl (C=O) groups is 3. The number of carboxylic acid groups (broad SMARTS) is 1. The molecule has 198 valence electrons. The highest BCUT2D eigenvalue weighted by atomic mass is 16.6. The zero-order valence-electron chi connectivity index (χ0n) is 21.5. The molecule has 1 aromatic rings. The Bertz CT molecular complexity index is 694. The van der Waals surface area contributed by atoms with Crippen LogP contribution in [-0.2, 0) is 25.7 Å². The van der Waals surface area contributed by atoms with Crippen molar-refractivity contribution < 1.29 is 29.0 Å². The maximum absolute atomic E-state index is 12.3. The van der Waals surface area contributed by atoms with Gasteiger partial charge in [-0.05, 0) is 12.0 Å². The number of ether oxygens (including phenoxy) is 2. The summed E-state index contributed by atoms with van der Waals surface area (Å²) in [6, 6.07) is 7.80. The van der Waals surface area contributed by atoms with Gasteiger partial charge in [-0.3, -0.25) is 4.79 Å². The Hall–Kier alpha value is -2.57. The fourth-order valence-corrected chi connectivity index (χ4v) is 3.84. The lowest BCUT2D eigenvalue weighted by molar-refractivity contribution is -0.150. The summed E-state index contributed by atoms with van der Waals surface area (Å²) in [7, 11) is 0. The molecular formula is C28H45NO6. The van der Waals surface area contributed by atoms with Crippen LogP contribution in [0, 0.1) is 0 Å². The molecule has 1 amide bonds. The summed E-state index contributed by atoms with van der Waals surface area (Å²) in [5.74, 6) is -1.95. The predicted octanol–water partition coefficient (Wildman–Crippen LogP) is 6.78. The third-order valence-electron chi connectivity index (χ3n) is 5.91. The quantitative estimate of drug-likeness (QED) is 0.145. The zero-order valence-corrected chi connectivity index (χ0v) is 21.5. The molecule has 0 aliphatic heterocycles. The Balaban J connectivity index is 2.08. The summed E-state index contributed by atoms with van der Waals surface area (Å²) in [6.45, 7) is 2.49. The van der Waals surface area contributed by atoms with Gasteiger partial charge in [0.25, 0.3) is 0 Å². The Labute approximate surface area is 211 Å². The largest absolute Gasteiger partial charge is 0.481 e. The fourth-order valence-electron chi connectivity index (χ4n) is 3.84. The second kappa shape index (κ2) is 20.8. The number of carboxylic acids is 1. The Morgan fingerprint density at radius 1 is 0.771 bits per heavy atom. The van der Waals surface area contributed by atoms with Crippen molar-refractivity contribution in [2.75, 3.05) is 6.61 Å². The number of esters is 1. The van der Waals surface area contributed by atoms with E-state index in [1.54, 1.807) is 12.1 Å². The molecule has 7 heteroatoms. The lowest BCUT2D eigenvalue weighted by Gasteiger charge is -2.16. The van der Waals surface area contributed by atoms with Crippen LogP contribution in [-0.4, -0.2) is 35.8 Å². The molecule has 35 heavy (non-hydrogen) atoms. The van der Waals surface area contributed by atoms with Gasteiger partial charge in [0.05, 0.1) is 13.0 Å². The molecule has 0 aromatic heterocycles. The number of nitrogens with one attached hydrogen (secondary N) is 1. The smallest absolute Gasteiger partial charge is 0.408 e. The number of aliphatic carboxylic acids is 1. The summed E-state index contributed by atoms with van der Waals surface area (Å²) in [5, 5.41) is 11.4. The van der Waals surface area contributed by atoms with E-state index in [9.17, 15) is 14.4 Å². The van der Waals surface area contributed by atoms with Gasteiger partial charge in [-0.2, -0.15) is 0 Å². The second-order valence-electron chi connectivity index (χ2n) is 9.12. The van der Waals surface area contributed by atoms with Crippen molar-refractivity contribution in [1.29, 1.82) is 0 Å². The number of alkyl carbamates (subject to hydrolysis) is 1. The van der Waals surface area contributed by atoms with Crippen molar-refractivity contribution >= 4 is 18.0 Å². The van der Waals surface area contributed by atoms with E-state index in [0.717, 1.165) is 24.8 Å². The van der Waals surface area contributed by atoms with Gasteiger partial charge in [-0.15, -0.1) is 0 Å². The van der Waals surface area contributed by atoms with E-state index in [-0.39, 0.29) is 13.2 Å². The number of benzene rings is 1. The Morgan fingerprint density at radius 2 is 1.29 bits per heavy atom. The van der Waals surface area contributed by atoms with Crippen molar-refractivity contribution in [2.45, 2.75) is 116 Å². The summed E-state index contributed by atoms with van der Waals surface area (Å²) in [4.78, 5) is 35.3. The van der Waals surface area contributed by atoms with Gasteiger partial charge < -0.3 is 19.9 Å². The summed E-state index contributed by atoms with van der Waals surface area (Å²) in [6.07, 6.45) is 15.9. The third kappa shape index (κ3) is 17.5. The molecule has 0 fully saturated rings. The molecule has 1 rings (SSSR count). The first-order chi connectivity index (χ1) is 17.0. The predicted molar refractivity (Wildman–Crippen MR) is 137 cm³/mol. The van der Waals surface area contributed by atoms with Crippen LogP contribution in [0.1, 0.15) is 109 Å². The molecule has 0 bridgehead atoms. The molecule has 1 atom stereocenters. The number of hydrogen-bond acceptors (Lipinski definition) is 5. The Morgan fingerprint density at radius 3 is 1.80 bits per heavy atom. The maximum atomic E-state index is 12.3. The highest BCUT2D eigenvalue weighted by molar-refractivity contribution is 5.85. The van der Waals surface area contributed by atoms with Crippen LogP contribution in [0.5, 0.6) is 0 Å². The first-order valence-corrected chi connectivity index (χ1v) is 13.4. The molecule has 0 spiro atoms. The van der Waals surface area contributed by atoms with Crippen molar-refractivity contribution in [3.8, 4) is 0 Å². The molecule has 0 aliphatic rings. The van der Waals surface area contributed by atoms with E-state index in [4.69, 9.17) is 14.6 Å². The highest BCUT2D eigenvalue weighted by Gasteiger charge is 2.25. The summed E-state index contributed by atoms with van der Waals surface area (Å²) >= 11 is 0. The van der Waals surface area contributed by atoms with Crippen LogP contribution in [0.4, 0.5) is 4.79 Å². The van der Waals surface area contributed by atoms with Gasteiger partial charge in [-0.1, -0.05) is 121 Å². The van der Waals surface area contributed by atoms with Crippen LogP contribution in [0.2, 0.25) is 0 Å². The molecule has 1 unspecified atom stereocenters. The van der Waals surface area contributed by atoms with Gasteiger partial charge in [0.2, 0.25) is 0 Å². The highest BCUT2D eigenvalue weighted by Crippen LogP contribution is 2.13. The normalized spacial score (nSPS) is 11.6. The molecule has 0 heterocycles. The number of rotatable bonds is 21. The molecular weight excluding hydrogens is 446 g/mol. The van der Waals surface area contributed by atoms with Crippen molar-refractivity contribution in [3.05, 3.63) is 35.9 Å². The van der Waals surface area contributed by atoms with E-state index in [1.807, 2.05) is 18.2 Å². The minimum Gasteiger partial charge on any atom is -0.481 e. The van der Waals surface area contributed by atoms with Crippen molar-refractivity contribution in [3.63, 3.8) is 0 Å². The fraction of sp³-hybridized carbons (Fsp3) is 0.679. The van der Waals surface area contributed by atoms with Gasteiger partial charge in [0.1, 0.15) is 12.6 Å². The second-order valence-corrected chi connectivity index (χ2v) is 9.12. The van der Waals surface area contributed by atoms with Crippen LogP contribution >= 0.6 is 0 Å². The number of carbonyl (C=O) groups excluding carboxylic acids is 2. The summed E-state index contributed by atoms with van der Waals surface area (Å²) < 4.78 is 10.3. The van der Waals surface area contributed by atoms with Gasteiger partial charge >= 0.3 is 18.0 Å². The zero-order chi connectivity index (χ0) is 25.6. The average Bonchev–Trinajstić information content (AvgIpc) is 2.85. The number of unbranched alkanes of at least 4 members (excludes halogenated alkanes) is 13. The third-order valence-corrected chi connectivity index (χ3v) is 5.91. The summed E-state index contributed by atoms with van der Waals surface area (Å²) in [5.41, 5.74) is 0.790.